The molecule has 1 aromatic heterocycles. The van der Waals surface area contributed by atoms with Gasteiger partial charge in [-0.15, -0.1) is 0 Å². The van der Waals surface area contributed by atoms with Crippen LogP contribution in [0.1, 0.15) is 45.8 Å². The zero-order valence-electron chi connectivity index (χ0n) is 21.7. The quantitative estimate of drug-likeness (QED) is 0.335. The molecule has 1 amide bonds. The van der Waals surface area contributed by atoms with Gasteiger partial charge in [0, 0.05) is 26.2 Å². The van der Waals surface area contributed by atoms with E-state index in [0.717, 1.165) is 43.0 Å². The van der Waals surface area contributed by atoms with Crippen LogP contribution in [0.2, 0.25) is 0 Å². The molecule has 1 aliphatic rings. The lowest BCUT2D eigenvalue weighted by atomic mass is 10.1. The number of esters is 1. The molecule has 0 aliphatic carbocycles. The minimum atomic E-state index is -0.371. The van der Waals surface area contributed by atoms with Crippen molar-refractivity contribution in [2.45, 2.75) is 45.4 Å². The van der Waals surface area contributed by atoms with Gasteiger partial charge in [-0.25, -0.2) is 4.79 Å². The predicted octanol–water partition coefficient (Wildman–Crippen LogP) is 4.63. The number of hydrogen-bond acceptors (Lipinski definition) is 6. The lowest BCUT2D eigenvalue weighted by Gasteiger charge is -2.29. The lowest BCUT2D eigenvalue weighted by Crippen LogP contribution is -2.43. The number of methoxy groups -OCH3 is 1. The first kappa shape index (κ1) is 26.6. The molecule has 0 spiro atoms. The zero-order valence-corrected chi connectivity index (χ0v) is 21.7. The Bertz CT molecular complexity index is 1150. The Morgan fingerprint density at radius 1 is 1.00 bits per heavy atom. The molecule has 1 unspecified atom stereocenters. The van der Waals surface area contributed by atoms with Gasteiger partial charge < -0.3 is 18.8 Å². The summed E-state index contributed by atoms with van der Waals surface area (Å²) in [6.45, 7) is 5.11. The molecule has 7 nitrogen and oxygen atoms in total. The topological polar surface area (TPSA) is 72.2 Å². The number of amides is 1. The fourth-order valence-electron chi connectivity index (χ4n) is 4.68. The SMILES string of the molecule is COC(=O)c1cccc(CN(CC(=O)N(CCc2ccccc2)Cc2ccc(C)o2)CC2CCCO2)c1. The van der Waals surface area contributed by atoms with Crippen LogP contribution < -0.4 is 0 Å². The van der Waals surface area contributed by atoms with Crippen molar-refractivity contribution in [3.63, 3.8) is 0 Å². The van der Waals surface area contributed by atoms with Crippen LogP contribution in [0.5, 0.6) is 0 Å². The number of furan rings is 1. The van der Waals surface area contributed by atoms with E-state index in [4.69, 9.17) is 13.9 Å². The molecule has 1 atom stereocenters. The number of carbonyl (C=O) groups is 2. The second-order valence-electron chi connectivity index (χ2n) is 9.56. The number of ether oxygens (including phenoxy) is 2. The first-order chi connectivity index (χ1) is 18.0. The second kappa shape index (κ2) is 13.2. The summed E-state index contributed by atoms with van der Waals surface area (Å²) >= 11 is 0. The molecule has 0 bridgehead atoms. The normalized spacial score (nSPS) is 15.2. The van der Waals surface area contributed by atoms with Crippen molar-refractivity contribution < 1.29 is 23.5 Å². The van der Waals surface area contributed by atoms with E-state index in [9.17, 15) is 9.59 Å². The minimum absolute atomic E-state index is 0.0344. The van der Waals surface area contributed by atoms with Gasteiger partial charge in [0.15, 0.2) is 0 Å². The summed E-state index contributed by atoms with van der Waals surface area (Å²) in [5.41, 5.74) is 2.64. The molecular weight excluding hydrogens is 468 g/mol. The van der Waals surface area contributed by atoms with Crippen molar-refractivity contribution in [3.8, 4) is 0 Å². The van der Waals surface area contributed by atoms with E-state index in [1.54, 1.807) is 6.07 Å². The van der Waals surface area contributed by atoms with E-state index >= 15 is 0 Å². The average Bonchev–Trinajstić information content (AvgIpc) is 3.58. The van der Waals surface area contributed by atoms with E-state index in [-0.39, 0.29) is 24.5 Å². The highest BCUT2D eigenvalue weighted by atomic mass is 16.5. The van der Waals surface area contributed by atoms with Crippen molar-refractivity contribution in [1.82, 2.24) is 9.80 Å². The molecule has 1 aliphatic heterocycles. The Balaban J connectivity index is 1.49. The Labute approximate surface area is 219 Å². The van der Waals surface area contributed by atoms with E-state index < -0.39 is 0 Å². The first-order valence-corrected chi connectivity index (χ1v) is 12.9. The molecule has 196 valence electrons. The summed E-state index contributed by atoms with van der Waals surface area (Å²) in [6, 6.07) is 21.4. The summed E-state index contributed by atoms with van der Waals surface area (Å²) in [6.07, 6.45) is 2.88. The van der Waals surface area contributed by atoms with Gasteiger partial charge in [0.25, 0.3) is 0 Å². The molecule has 3 aromatic rings. The highest BCUT2D eigenvalue weighted by Crippen LogP contribution is 2.17. The first-order valence-electron chi connectivity index (χ1n) is 12.9. The minimum Gasteiger partial charge on any atom is -0.465 e. The van der Waals surface area contributed by atoms with Crippen LogP contribution in [-0.2, 0) is 33.8 Å². The number of rotatable bonds is 12. The van der Waals surface area contributed by atoms with Crippen LogP contribution in [0.3, 0.4) is 0 Å². The van der Waals surface area contributed by atoms with Crippen LogP contribution in [0.4, 0.5) is 0 Å². The summed E-state index contributed by atoms with van der Waals surface area (Å²) in [5, 5.41) is 0. The summed E-state index contributed by atoms with van der Waals surface area (Å²) < 4.78 is 16.6. The van der Waals surface area contributed by atoms with Gasteiger partial charge in [0.2, 0.25) is 5.91 Å². The van der Waals surface area contributed by atoms with Crippen molar-refractivity contribution in [2.24, 2.45) is 0 Å². The predicted molar refractivity (Wildman–Crippen MR) is 141 cm³/mol. The highest BCUT2D eigenvalue weighted by Gasteiger charge is 2.24. The molecule has 0 radical (unpaired) electrons. The van der Waals surface area contributed by atoms with Gasteiger partial charge in [-0.2, -0.15) is 0 Å². The third-order valence-corrected chi connectivity index (χ3v) is 6.61. The van der Waals surface area contributed by atoms with E-state index in [2.05, 4.69) is 17.0 Å². The number of hydrogen-bond donors (Lipinski definition) is 0. The Morgan fingerprint density at radius 3 is 2.51 bits per heavy atom. The third-order valence-electron chi connectivity index (χ3n) is 6.61. The molecule has 0 saturated carbocycles. The van der Waals surface area contributed by atoms with Crippen LogP contribution in [-0.4, -0.2) is 61.1 Å². The summed E-state index contributed by atoms with van der Waals surface area (Å²) in [5.74, 6) is 1.27. The molecular formula is C30H36N2O5. The van der Waals surface area contributed by atoms with Crippen LogP contribution in [0.15, 0.2) is 71.1 Å². The Morgan fingerprint density at radius 2 is 1.81 bits per heavy atom. The monoisotopic (exact) mass is 504 g/mol. The third kappa shape index (κ3) is 8.03. The number of nitrogens with zero attached hydrogens (tertiary/aromatic N) is 2. The summed E-state index contributed by atoms with van der Waals surface area (Å²) in [7, 11) is 1.38. The number of aryl methyl sites for hydroxylation is 1. The van der Waals surface area contributed by atoms with Crippen LogP contribution >= 0.6 is 0 Å². The van der Waals surface area contributed by atoms with Gasteiger partial charge in [-0.3, -0.25) is 9.69 Å². The van der Waals surface area contributed by atoms with Gasteiger partial charge in [-0.1, -0.05) is 42.5 Å². The summed E-state index contributed by atoms with van der Waals surface area (Å²) in [4.78, 5) is 29.7. The Kier molecular flexibility index (Phi) is 9.52. The van der Waals surface area contributed by atoms with Crippen molar-refractivity contribution in [1.29, 1.82) is 0 Å². The molecule has 0 N–H and O–H groups in total. The van der Waals surface area contributed by atoms with E-state index in [1.165, 1.54) is 12.7 Å². The zero-order chi connectivity index (χ0) is 26.0. The number of carbonyl (C=O) groups excluding carboxylic acids is 2. The van der Waals surface area contributed by atoms with Gasteiger partial charge in [-0.05, 0) is 61.6 Å². The molecule has 1 saturated heterocycles. The van der Waals surface area contributed by atoms with Crippen LogP contribution in [0, 0.1) is 6.92 Å². The molecule has 7 heteroatoms. The second-order valence-corrected chi connectivity index (χ2v) is 9.56. The smallest absolute Gasteiger partial charge is 0.337 e. The molecule has 1 fully saturated rings. The lowest BCUT2D eigenvalue weighted by molar-refractivity contribution is -0.133. The molecule has 2 aromatic carbocycles. The van der Waals surface area contributed by atoms with E-state index in [0.29, 0.717) is 31.7 Å². The van der Waals surface area contributed by atoms with Crippen LogP contribution in [0.25, 0.3) is 0 Å². The maximum Gasteiger partial charge on any atom is 0.337 e. The van der Waals surface area contributed by atoms with Gasteiger partial charge in [0.05, 0.1) is 31.9 Å². The van der Waals surface area contributed by atoms with Gasteiger partial charge in [0.1, 0.15) is 11.5 Å². The highest BCUT2D eigenvalue weighted by molar-refractivity contribution is 5.89. The maximum atomic E-state index is 13.7. The fourth-order valence-corrected chi connectivity index (χ4v) is 4.68. The number of benzene rings is 2. The standard InChI is InChI=1S/C30H36N2O5/c1-23-13-14-28(37-23)21-32(16-15-24-8-4-3-5-9-24)29(33)22-31(20-27-12-7-17-36-27)19-25-10-6-11-26(18-25)30(34)35-2/h3-6,8-11,13-14,18,27H,7,12,15-17,19-22H2,1-2H3. The molecule has 4 rings (SSSR count). The van der Waals surface area contributed by atoms with Crippen molar-refractivity contribution in [2.75, 3.05) is 33.4 Å². The Hall–Kier alpha value is -3.42. The van der Waals surface area contributed by atoms with Crippen molar-refractivity contribution in [3.05, 3.63) is 94.9 Å². The fraction of sp³-hybridized carbons (Fsp3) is 0.400. The molecule has 2 heterocycles. The van der Waals surface area contributed by atoms with Gasteiger partial charge >= 0.3 is 5.97 Å². The maximum absolute atomic E-state index is 13.7. The van der Waals surface area contributed by atoms with E-state index in [1.807, 2.05) is 60.4 Å². The largest absolute Gasteiger partial charge is 0.465 e. The van der Waals surface area contributed by atoms with Crippen molar-refractivity contribution >= 4 is 11.9 Å². The molecule has 37 heavy (non-hydrogen) atoms. The average molecular weight is 505 g/mol.